The number of hydrogen-bond donors (Lipinski definition) is 1. The largest absolute Gasteiger partial charge is 0.361 e. The molecular formula is C11H19ClN2S. The van der Waals surface area contributed by atoms with Gasteiger partial charge in [-0.15, -0.1) is 22.9 Å². The summed E-state index contributed by atoms with van der Waals surface area (Å²) < 4.78 is 0. The second-order valence-corrected chi connectivity index (χ2v) is 4.87. The highest BCUT2D eigenvalue weighted by Gasteiger charge is 2.06. The minimum atomic E-state index is 0.663. The lowest BCUT2D eigenvalue weighted by Crippen LogP contribution is -2.14. The quantitative estimate of drug-likeness (QED) is 0.741. The first-order chi connectivity index (χ1) is 7.30. The number of rotatable bonds is 7. The number of thiazole rings is 1. The Hall–Kier alpha value is -0.280. The summed E-state index contributed by atoms with van der Waals surface area (Å²) in [4.78, 5) is 4.47. The zero-order valence-corrected chi connectivity index (χ0v) is 11.0. The van der Waals surface area contributed by atoms with E-state index in [1.54, 1.807) is 11.3 Å². The molecule has 1 aromatic rings. The highest BCUT2D eigenvalue weighted by Crippen LogP contribution is 2.17. The molecule has 0 radical (unpaired) electrons. The fourth-order valence-electron chi connectivity index (χ4n) is 1.39. The molecule has 1 heterocycles. The van der Waals surface area contributed by atoms with Crippen LogP contribution in [0.15, 0.2) is 5.38 Å². The molecule has 4 heteroatoms. The van der Waals surface area contributed by atoms with E-state index in [9.17, 15) is 0 Å². The number of nitrogens with zero attached hydrogens (tertiary/aromatic N) is 1. The molecule has 2 nitrogen and oxygen atoms in total. The van der Waals surface area contributed by atoms with Crippen LogP contribution in [-0.4, -0.2) is 17.4 Å². The standard InChI is InChI=1S/C11H19ClN2S/c1-3-9(5-6-12)7-13-11-14-10(4-2)8-15-11/h8-9H,3-7H2,1-2H3,(H,13,14). The molecule has 0 amide bonds. The van der Waals surface area contributed by atoms with Crippen LogP contribution >= 0.6 is 22.9 Å². The predicted octanol–water partition coefficient (Wildman–Crippen LogP) is 3.77. The van der Waals surface area contributed by atoms with Crippen molar-refractivity contribution >= 4 is 28.1 Å². The summed E-state index contributed by atoms with van der Waals surface area (Å²) in [6.07, 6.45) is 3.26. The first kappa shape index (κ1) is 12.8. The number of halogens is 1. The summed E-state index contributed by atoms with van der Waals surface area (Å²) in [5.41, 5.74) is 1.17. The molecule has 15 heavy (non-hydrogen) atoms. The van der Waals surface area contributed by atoms with Crippen LogP contribution in [0.3, 0.4) is 0 Å². The van der Waals surface area contributed by atoms with Crippen LogP contribution in [0, 0.1) is 5.92 Å². The van der Waals surface area contributed by atoms with E-state index in [1.807, 2.05) is 0 Å². The number of alkyl halides is 1. The number of nitrogens with one attached hydrogen (secondary N) is 1. The van der Waals surface area contributed by atoms with Gasteiger partial charge in [0.2, 0.25) is 0 Å². The summed E-state index contributed by atoms with van der Waals surface area (Å²) in [6.45, 7) is 5.32. The van der Waals surface area contributed by atoms with Crippen molar-refractivity contribution in [3.05, 3.63) is 11.1 Å². The highest BCUT2D eigenvalue weighted by atomic mass is 35.5. The topological polar surface area (TPSA) is 24.9 Å². The van der Waals surface area contributed by atoms with Crippen molar-refractivity contribution in [1.29, 1.82) is 0 Å². The minimum Gasteiger partial charge on any atom is -0.361 e. The lowest BCUT2D eigenvalue weighted by Gasteiger charge is -2.13. The Balaban J connectivity index is 2.34. The van der Waals surface area contributed by atoms with Gasteiger partial charge in [-0.1, -0.05) is 20.3 Å². The molecule has 1 rings (SSSR count). The Bertz CT molecular complexity index is 275. The molecule has 0 aliphatic heterocycles. The Morgan fingerprint density at radius 2 is 2.33 bits per heavy atom. The van der Waals surface area contributed by atoms with Crippen LogP contribution in [0.4, 0.5) is 5.13 Å². The third-order valence-electron chi connectivity index (χ3n) is 2.55. The molecule has 1 unspecified atom stereocenters. The third-order valence-corrected chi connectivity index (χ3v) is 3.62. The van der Waals surface area contributed by atoms with Crippen molar-refractivity contribution in [3.8, 4) is 0 Å². The van der Waals surface area contributed by atoms with Gasteiger partial charge in [-0.05, 0) is 18.8 Å². The molecule has 0 saturated carbocycles. The Morgan fingerprint density at radius 3 is 2.87 bits per heavy atom. The maximum atomic E-state index is 5.74. The van der Waals surface area contributed by atoms with Crippen molar-refractivity contribution in [2.75, 3.05) is 17.7 Å². The Morgan fingerprint density at radius 1 is 1.53 bits per heavy atom. The van der Waals surface area contributed by atoms with Crippen LogP contribution < -0.4 is 5.32 Å². The molecule has 0 spiro atoms. The maximum Gasteiger partial charge on any atom is 0.182 e. The van der Waals surface area contributed by atoms with Crippen LogP contribution in [0.25, 0.3) is 0 Å². The number of aromatic nitrogens is 1. The van der Waals surface area contributed by atoms with Gasteiger partial charge in [0.25, 0.3) is 0 Å². The van der Waals surface area contributed by atoms with Crippen molar-refractivity contribution in [2.24, 2.45) is 5.92 Å². The van der Waals surface area contributed by atoms with Gasteiger partial charge < -0.3 is 5.32 Å². The molecule has 0 aliphatic rings. The van der Waals surface area contributed by atoms with E-state index < -0.39 is 0 Å². The number of aryl methyl sites for hydroxylation is 1. The highest BCUT2D eigenvalue weighted by molar-refractivity contribution is 7.13. The van der Waals surface area contributed by atoms with E-state index in [1.165, 1.54) is 12.1 Å². The molecule has 0 aromatic carbocycles. The zero-order valence-electron chi connectivity index (χ0n) is 9.42. The summed E-state index contributed by atoms with van der Waals surface area (Å²) >= 11 is 7.43. The second kappa shape index (κ2) is 7.07. The minimum absolute atomic E-state index is 0.663. The fourth-order valence-corrected chi connectivity index (χ4v) is 2.50. The average Bonchev–Trinajstić information content (AvgIpc) is 2.72. The van der Waals surface area contributed by atoms with Gasteiger partial charge in [0.15, 0.2) is 5.13 Å². The molecular weight excluding hydrogens is 228 g/mol. The summed E-state index contributed by atoms with van der Waals surface area (Å²) in [5.74, 6) is 1.41. The summed E-state index contributed by atoms with van der Waals surface area (Å²) in [6, 6.07) is 0. The van der Waals surface area contributed by atoms with Crippen molar-refractivity contribution in [1.82, 2.24) is 4.98 Å². The summed E-state index contributed by atoms with van der Waals surface area (Å²) in [7, 11) is 0. The maximum absolute atomic E-state index is 5.74. The second-order valence-electron chi connectivity index (χ2n) is 3.63. The van der Waals surface area contributed by atoms with Gasteiger partial charge in [0.05, 0.1) is 5.69 Å². The molecule has 1 atom stereocenters. The SMILES string of the molecule is CCc1csc(NCC(CC)CCCl)n1. The van der Waals surface area contributed by atoms with E-state index in [0.29, 0.717) is 5.92 Å². The predicted molar refractivity (Wildman–Crippen MR) is 69.1 cm³/mol. The molecule has 0 saturated heterocycles. The van der Waals surface area contributed by atoms with Crippen LogP contribution in [0.2, 0.25) is 0 Å². The van der Waals surface area contributed by atoms with E-state index in [2.05, 4.69) is 29.5 Å². The van der Waals surface area contributed by atoms with Crippen LogP contribution in [-0.2, 0) is 6.42 Å². The van der Waals surface area contributed by atoms with Crippen molar-refractivity contribution in [2.45, 2.75) is 33.1 Å². The van der Waals surface area contributed by atoms with Crippen molar-refractivity contribution < 1.29 is 0 Å². The number of anilines is 1. The van der Waals surface area contributed by atoms with E-state index >= 15 is 0 Å². The third kappa shape index (κ3) is 4.39. The zero-order chi connectivity index (χ0) is 11.1. The van der Waals surface area contributed by atoms with Gasteiger partial charge in [0, 0.05) is 17.8 Å². The number of hydrogen-bond acceptors (Lipinski definition) is 3. The molecule has 1 N–H and O–H groups in total. The lowest BCUT2D eigenvalue weighted by molar-refractivity contribution is 0.522. The molecule has 86 valence electrons. The fraction of sp³-hybridized carbons (Fsp3) is 0.727. The monoisotopic (exact) mass is 246 g/mol. The molecule has 0 aliphatic carbocycles. The van der Waals surface area contributed by atoms with Crippen LogP contribution in [0.5, 0.6) is 0 Å². The van der Waals surface area contributed by atoms with Crippen LogP contribution in [0.1, 0.15) is 32.4 Å². The van der Waals surface area contributed by atoms with Gasteiger partial charge in [-0.3, -0.25) is 0 Å². The van der Waals surface area contributed by atoms with Crippen molar-refractivity contribution in [3.63, 3.8) is 0 Å². The smallest absolute Gasteiger partial charge is 0.182 e. The van der Waals surface area contributed by atoms with Gasteiger partial charge in [0.1, 0.15) is 0 Å². The molecule has 0 bridgehead atoms. The van der Waals surface area contributed by atoms with Gasteiger partial charge in [-0.2, -0.15) is 0 Å². The summed E-state index contributed by atoms with van der Waals surface area (Å²) in [5, 5.41) is 6.54. The molecule has 1 aromatic heterocycles. The molecule has 0 fully saturated rings. The average molecular weight is 247 g/mol. The first-order valence-corrected chi connectivity index (χ1v) is 6.95. The Labute approximate surface area is 101 Å². The van der Waals surface area contributed by atoms with Gasteiger partial charge >= 0.3 is 0 Å². The lowest BCUT2D eigenvalue weighted by atomic mass is 10.0. The van der Waals surface area contributed by atoms with E-state index in [-0.39, 0.29) is 0 Å². The van der Waals surface area contributed by atoms with E-state index in [4.69, 9.17) is 11.6 Å². The van der Waals surface area contributed by atoms with Gasteiger partial charge in [-0.25, -0.2) is 4.98 Å². The van der Waals surface area contributed by atoms with E-state index in [0.717, 1.165) is 30.4 Å². The first-order valence-electron chi connectivity index (χ1n) is 5.54. The Kier molecular flexibility index (Phi) is 6.03. The normalized spacial score (nSPS) is 12.7.